The van der Waals surface area contributed by atoms with E-state index in [2.05, 4.69) is 92.3 Å². The summed E-state index contributed by atoms with van der Waals surface area (Å²) in [5.74, 6) is -0.0282. The highest BCUT2D eigenvalue weighted by Crippen LogP contribution is 2.42. The van der Waals surface area contributed by atoms with Crippen molar-refractivity contribution in [1.29, 1.82) is 0 Å². The Morgan fingerprint density at radius 3 is 2.47 bits per heavy atom. The Kier molecular flexibility index (Phi) is 10.7. The number of nitrogen functional groups attached to an aromatic ring is 1. The van der Waals surface area contributed by atoms with Gasteiger partial charge in [-0.25, -0.2) is 9.56 Å². The number of imidazole rings is 1. The number of anilines is 2. The molecule has 0 spiro atoms. The molecule has 57 heavy (non-hydrogen) atoms. The number of rotatable bonds is 12. The number of nitrogens with zero attached hydrogens (tertiary/aromatic N) is 5. The van der Waals surface area contributed by atoms with Crippen molar-refractivity contribution < 1.29 is 27.1 Å². The number of carbonyl (C=O) groups excluding carboxylic acids is 1. The number of benzene rings is 3. The zero-order chi connectivity index (χ0) is 40.6. The summed E-state index contributed by atoms with van der Waals surface area (Å²) in [6, 6.07) is 20.2. The average molecular weight is 804 g/mol. The summed E-state index contributed by atoms with van der Waals surface area (Å²) < 4.78 is 40.0. The van der Waals surface area contributed by atoms with Gasteiger partial charge in [0.1, 0.15) is 34.3 Å². The maximum atomic E-state index is 13.5. The molecule has 5 aromatic rings. The van der Waals surface area contributed by atoms with Crippen LogP contribution in [0, 0.1) is 6.92 Å². The van der Waals surface area contributed by atoms with Gasteiger partial charge in [-0.15, -0.1) is 0 Å². The fourth-order valence-corrected chi connectivity index (χ4v) is 11.0. The summed E-state index contributed by atoms with van der Waals surface area (Å²) >= 11 is 0. The number of fused-ring (bicyclic) bond motifs is 3. The summed E-state index contributed by atoms with van der Waals surface area (Å²) in [4.78, 5) is 30.9. The van der Waals surface area contributed by atoms with Gasteiger partial charge in [-0.05, 0) is 93.0 Å². The van der Waals surface area contributed by atoms with E-state index < -0.39 is 18.2 Å². The molecule has 0 unspecified atom stereocenters. The second-order valence-electron chi connectivity index (χ2n) is 15.2. The van der Waals surface area contributed by atoms with Crippen LogP contribution in [-0.4, -0.2) is 90.6 Å². The molecule has 1 aliphatic heterocycles. The van der Waals surface area contributed by atoms with E-state index >= 15 is 0 Å². The third-order valence-corrected chi connectivity index (χ3v) is 14.9. The number of aromatic amines is 1. The number of carbonyl (C=O) groups is 1. The number of amides is 1. The van der Waals surface area contributed by atoms with E-state index in [0.717, 1.165) is 44.8 Å². The number of nitrogens with one attached hydrogen (secondary N) is 2. The monoisotopic (exact) mass is 803 g/mol. The van der Waals surface area contributed by atoms with Crippen LogP contribution in [0.15, 0.2) is 96.0 Å². The molecular formula is C42H47N8O5SSi+. The van der Waals surface area contributed by atoms with E-state index in [1.54, 1.807) is 0 Å². The number of aromatic nitrogens is 4. The zero-order valence-corrected chi connectivity index (χ0v) is 34.7. The molecule has 2 aromatic heterocycles. The molecule has 5 N–H and O–H groups in total. The minimum absolute atomic E-state index is 0.0856. The quantitative estimate of drug-likeness (QED) is 0.0767. The Labute approximate surface area is 333 Å². The summed E-state index contributed by atoms with van der Waals surface area (Å²) in [6.45, 7) is 7.91. The van der Waals surface area contributed by atoms with Crippen LogP contribution in [0.2, 0.25) is 13.1 Å². The van der Waals surface area contributed by atoms with Gasteiger partial charge in [-0.1, -0.05) is 49.5 Å². The Hall–Kier alpha value is -5.90. The van der Waals surface area contributed by atoms with E-state index in [1.807, 2.05) is 62.4 Å². The van der Waals surface area contributed by atoms with Crippen LogP contribution in [0.1, 0.15) is 44.6 Å². The van der Waals surface area contributed by atoms with E-state index in [1.165, 1.54) is 22.3 Å². The maximum Gasteiger partial charge on any atom is 0.264 e. The highest BCUT2D eigenvalue weighted by Gasteiger charge is 2.40. The molecule has 15 heteroatoms. The van der Waals surface area contributed by atoms with E-state index in [9.17, 15) is 17.8 Å². The van der Waals surface area contributed by atoms with E-state index in [0.29, 0.717) is 42.1 Å². The van der Waals surface area contributed by atoms with Gasteiger partial charge >= 0.3 is 0 Å². The number of aryl methyl sites for hydroxylation is 1. The van der Waals surface area contributed by atoms with E-state index in [4.69, 9.17) is 10.5 Å². The minimum Gasteiger partial charge on any atom is -0.471 e. The Balaban J connectivity index is 1.10. The molecular weight excluding hydrogens is 757 g/mol. The van der Waals surface area contributed by atoms with Gasteiger partial charge in [0.15, 0.2) is 11.4 Å². The lowest BCUT2D eigenvalue weighted by molar-refractivity contribution is -0.462. The van der Waals surface area contributed by atoms with Crippen molar-refractivity contribution in [3.63, 3.8) is 0 Å². The molecule has 0 radical (unpaired) electrons. The molecule has 0 saturated heterocycles. The summed E-state index contributed by atoms with van der Waals surface area (Å²) in [7, 11) is -0.218. The molecule has 0 saturated carbocycles. The average Bonchev–Trinajstić information content (AvgIpc) is 3.65. The van der Waals surface area contributed by atoms with Gasteiger partial charge in [-0.3, -0.25) is 9.35 Å². The second kappa shape index (κ2) is 15.6. The standard InChI is InChI=1S/C42H46N8O5SSi/c1-26-20-29(40(51)44-23-27-8-10-28(11-9-27)24-55-41-38-39(46-25-45-38)47-42(43)48-41)12-15-32(26)37-33-16-13-30(49(2)3)21-35(33)57(5,6)36-22-31(14-17-34(36)37)50(4)18-7-19-56(52,53)54/h8-17,20-22,25,43-44H,7,18-19,23-24H2,1-6H3,(H2,51,52,53,54)/p+1. The first-order valence-corrected chi connectivity index (χ1v) is 23.3. The van der Waals surface area contributed by atoms with Gasteiger partial charge in [0.25, 0.3) is 16.0 Å². The predicted octanol–water partition coefficient (Wildman–Crippen LogP) is 4.95. The number of hydrogen-bond donors (Lipinski definition) is 4. The SMILES string of the molecule is Cc1cc(C(=O)NCc2ccc(COc3nc(N)nc4nc[nH]c34)cc2)ccc1C1=C2C=CC(=[N+](C)C)C=C2[Si](C)(C)c2cc(N(C)CCCS(=O)(=O)O)ccc21. The van der Waals surface area contributed by atoms with Gasteiger partial charge in [0, 0.05) is 43.5 Å². The van der Waals surface area contributed by atoms with Gasteiger partial charge in [0.05, 0.1) is 12.1 Å². The topological polar surface area (TPSA) is 179 Å². The summed E-state index contributed by atoms with van der Waals surface area (Å²) in [5.41, 5.74) is 16.9. The van der Waals surface area contributed by atoms with Crippen molar-refractivity contribution in [2.75, 3.05) is 44.1 Å². The lowest BCUT2D eigenvalue weighted by Gasteiger charge is -2.38. The van der Waals surface area contributed by atoms with Crippen molar-refractivity contribution in [1.82, 2.24) is 25.3 Å². The summed E-state index contributed by atoms with van der Waals surface area (Å²) in [5, 5.41) is 5.68. The zero-order valence-electron chi connectivity index (χ0n) is 32.9. The van der Waals surface area contributed by atoms with Gasteiger partial charge in [-0.2, -0.15) is 18.4 Å². The van der Waals surface area contributed by atoms with Gasteiger partial charge < -0.3 is 25.7 Å². The van der Waals surface area contributed by atoms with E-state index in [-0.39, 0.29) is 24.2 Å². The molecule has 3 heterocycles. The highest BCUT2D eigenvalue weighted by molar-refractivity contribution is 7.85. The van der Waals surface area contributed by atoms with Crippen molar-refractivity contribution in [2.45, 2.75) is 39.6 Å². The first-order chi connectivity index (χ1) is 27.1. The van der Waals surface area contributed by atoms with Crippen molar-refractivity contribution in [3.05, 3.63) is 129 Å². The molecule has 7 rings (SSSR count). The van der Waals surface area contributed by atoms with Crippen molar-refractivity contribution >= 4 is 63.4 Å². The normalized spacial score (nSPS) is 14.6. The smallest absolute Gasteiger partial charge is 0.264 e. The molecule has 1 amide bonds. The fraction of sp³-hybridized carbons (Fsp3) is 0.262. The molecule has 294 valence electrons. The Morgan fingerprint density at radius 2 is 1.75 bits per heavy atom. The number of H-pyrrole nitrogens is 1. The van der Waals surface area contributed by atoms with Crippen LogP contribution in [0.5, 0.6) is 5.88 Å². The van der Waals surface area contributed by atoms with Crippen LogP contribution < -0.4 is 25.9 Å². The van der Waals surface area contributed by atoms with Crippen LogP contribution in [0.3, 0.4) is 0 Å². The third kappa shape index (κ3) is 8.31. The van der Waals surface area contributed by atoms with Crippen molar-refractivity contribution in [3.8, 4) is 5.88 Å². The predicted molar refractivity (Wildman–Crippen MR) is 227 cm³/mol. The molecule has 0 atom stereocenters. The maximum absolute atomic E-state index is 13.5. The molecule has 13 nitrogen and oxygen atoms in total. The molecule has 3 aromatic carbocycles. The lowest BCUT2D eigenvalue weighted by Crippen LogP contribution is -2.50. The Bertz CT molecular complexity index is 2640. The largest absolute Gasteiger partial charge is 0.471 e. The molecule has 0 fully saturated rings. The Morgan fingerprint density at radius 1 is 1.02 bits per heavy atom. The van der Waals surface area contributed by atoms with Crippen LogP contribution >= 0.6 is 0 Å². The third-order valence-electron chi connectivity index (χ3n) is 10.6. The number of hydrogen-bond acceptors (Lipinski definition) is 9. The highest BCUT2D eigenvalue weighted by atomic mass is 32.2. The summed E-state index contributed by atoms with van der Waals surface area (Å²) in [6.07, 6.45) is 8.54. The first-order valence-electron chi connectivity index (χ1n) is 18.7. The molecule has 0 bridgehead atoms. The number of nitrogens with two attached hydrogens (primary N) is 1. The lowest BCUT2D eigenvalue weighted by atomic mass is 9.87. The molecule has 2 aliphatic rings. The fourth-order valence-electron chi connectivity index (χ4n) is 7.45. The van der Waals surface area contributed by atoms with Gasteiger partial charge in [0.2, 0.25) is 11.8 Å². The number of ether oxygens (including phenoxy) is 1. The van der Waals surface area contributed by atoms with Crippen LogP contribution in [-0.2, 0) is 23.3 Å². The first kappa shape index (κ1) is 39.3. The second-order valence-corrected chi connectivity index (χ2v) is 21.1. The van der Waals surface area contributed by atoms with Crippen LogP contribution in [0.25, 0.3) is 16.7 Å². The van der Waals surface area contributed by atoms with Crippen molar-refractivity contribution in [2.24, 2.45) is 0 Å². The van der Waals surface area contributed by atoms with Crippen LogP contribution in [0.4, 0.5) is 11.6 Å². The number of allylic oxidation sites excluding steroid dienone is 5. The minimum atomic E-state index is -4.03. The molecule has 1 aliphatic carbocycles.